The van der Waals surface area contributed by atoms with Crippen molar-refractivity contribution in [2.24, 2.45) is 5.73 Å². The lowest BCUT2D eigenvalue weighted by Gasteiger charge is -2.23. The van der Waals surface area contributed by atoms with Crippen molar-refractivity contribution in [3.8, 4) is 0 Å². The Labute approximate surface area is 104 Å². The highest BCUT2D eigenvalue weighted by molar-refractivity contribution is 7.18. The molecule has 0 unspecified atom stereocenters. The number of hydrogen-bond donors (Lipinski definition) is 1. The summed E-state index contributed by atoms with van der Waals surface area (Å²) in [6.45, 7) is 4.20. The number of nitrogens with two attached hydrogens (primary N) is 1. The summed E-state index contributed by atoms with van der Waals surface area (Å²) in [6, 6.07) is 5.79. The number of benzene rings is 1. The van der Waals surface area contributed by atoms with Crippen LogP contribution in [0.25, 0.3) is 10.2 Å². The van der Waals surface area contributed by atoms with Gasteiger partial charge in [-0.1, -0.05) is 25.4 Å². The Morgan fingerprint density at radius 3 is 2.69 bits per heavy atom. The zero-order valence-electron chi connectivity index (χ0n) is 9.46. The van der Waals surface area contributed by atoms with Crippen LogP contribution in [0.5, 0.6) is 0 Å². The van der Waals surface area contributed by atoms with Crippen LogP contribution in [-0.4, -0.2) is 4.98 Å². The molecule has 0 atom stereocenters. The lowest BCUT2D eigenvalue weighted by molar-refractivity contribution is 0.411. The van der Waals surface area contributed by atoms with Crippen molar-refractivity contribution < 1.29 is 0 Å². The molecule has 2 aromatic rings. The summed E-state index contributed by atoms with van der Waals surface area (Å²) >= 11 is 7.61. The van der Waals surface area contributed by atoms with Crippen LogP contribution in [0.15, 0.2) is 18.2 Å². The molecule has 16 heavy (non-hydrogen) atoms. The van der Waals surface area contributed by atoms with Crippen molar-refractivity contribution in [2.45, 2.75) is 32.2 Å². The lowest BCUT2D eigenvalue weighted by Crippen LogP contribution is -2.34. The van der Waals surface area contributed by atoms with E-state index >= 15 is 0 Å². The predicted octanol–water partition coefficient (Wildman–Crippen LogP) is 3.92. The third-order valence-corrected chi connectivity index (χ3v) is 4.53. The first-order chi connectivity index (χ1) is 7.59. The largest absolute Gasteiger partial charge is 0.319 e. The van der Waals surface area contributed by atoms with E-state index < -0.39 is 0 Å². The Morgan fingerprint density at radius 2 is 2.06 bits per heavy atom. The number of fused-ring (bicyclic) bond motifs is 1. The molecule has 0 amide bonds. The Hall–Kier alpha value is -0.640. The number of rotatable bonds is 3. The topological polar surface area (TPSA) is 38.9 Å². The van der Waals surface area contributed by atoms with E-state index in [4.69, 9.17) is 17.3 Å². The summed E-state index contributed by atoms with van der Waals surface area (Å²) in [6.07, 6.45) is 1.80. The van der Waals surface area contributed by atoms with Gasteiger partial charge in [-0.3, -0.25) is 0 Å². The number of nitrogens with zero attached hydrogens (tertiary/aromatic N) is 1. The summed E-state index contributed by atoms with van der Waals surface area (Å²) in [5.74, 6) is 0. The molecule has 1 heterocycles. The summed E-state index contributed by atoms with van der Waals surface area (Å²) < 4.78 is 1.15. The molecule has 0 aliphatic heterocycles. The molecule has 1 aromatic heterocycles. The predicted molar refractivity (Wildman–Crippen MR) is 71.1 cm³/mol. The Bertz CT molecular complexity index is 503. The minimum absolute atomic E-state index is 0.295. The average Bonchev–Trinajstić information content (AvgIpc) is 2.71. The number of thiazole rings is 1. The van der Waals surface area contributed by atoms with Gasteiger partial charge < -0.3 is 5.73 Å². The van der Waals surface area contributed by atoms with Gasteiger partial charge >= 0.3 is 0 Å². The monoisotopic (exact) mass is 254 g/mol. The first kappa shape index (κ1) is 11.8. The van der Waals surface area contributed by atoms with Crippen molar-refractivity contribution in [3.05, 3.63) is 28.2 Å². The van der Waals surface area contributed by atoms with Crippen LogP contribution < -0.4 is 5.73 Å². The van der Waals surface area contributed by atoms with Crippen molar-refractivity contribution >= 4 is 33.2 Å². The van der Waals surface area contributed by atoms with Gasteiger partial charge in [0.05, 0.1) is 15.8 Å². The zero-order chi connectivity index (χ0) is 11.8. The zero-order valence-corrected chi connectivity index (χ0v) is 11.0. The SMILES string of the molecule is CCC(N)(CC)c1nc2cc(Cl)ccc2s1. The second kappa shape index (κ2) is 4.32. The van der Waals surface area contributed by atoms with Crippen LogP contribution in [0, 0.1) is 0 Å². The molecule has 0 fully saturated rings. The third kappa shape index (κ3) is 1.95. The molecule has 0 radical (unpaired) electrons. The molecule has 2 nitrogen and oxygen atoms in total. The Kier molecular flexibility index (Phi) is 3.19. The average molecular weight is 255 g/mol. The summed E-state index contributed by atoms with van der Waals surface area (Å²) in [7, 11) is 0. The van der Waals surface area contributed by atoms with E-state index in [2.05, 4.69) is 18.8 Å². The van der Waals surface area contributed by atoms with Gasteiger partial charge in [-0.25, -0.2) is 4.98 Å². The summed E-state index contributed by atoms with van der Waals surface area (Å²) in [4.78, 5) is 4.60. The molecule has 0 aliphatic rings. The molecule has 0 aliphatic carbocycles. The van der Waals surface area contributed by atoms with E-state index in [9.17, 15) is 0 Å². The smallest absolute Gasteiger partial charge is 0.114 e. The second-order valence-corrected chi connectivity index (χ2v) is 5.46. The van der Waals surface area contributed by atoms with Crippen molar-refractivity contribution in [3.63, 3.8) is 0 Å². The number of halogens is 1. The first-order valence-electron chi connectivity index (χ1n) is 5.44. The van der Waals surface area contributed by atoms with Crippen molar-refractivity contribution in [2.75, 3.05) is 0 Å². The van der Waals surface area contributed by atoms with E-state index in [1.807, 2.05) is 18.2 Å². The molecule has 0 spiro atoms. The first-order valence-corrected chi connectivity index (χ1v) is 6.64. The fourth-order valence-corrected chi connectivity index (χ4v) is 3.02. The van der Waals surface area contributed by atoms with Crippen molar-refractivity contribution in [1.82, 2.24) is 4.98 Å². The highest BCUT2D eigenvalue weighted by Gasteiger charge is 2.26. The van der Waals surface area contributed by atoms with Crippen LogP contribution >= 0.6 is 22.9 Å². The standard InChI is InChI=1S/C12H15ClN2S/c1-3-12(14,4-2)11-15-9-7-8(13)5-6-10(9)16-11/h5-7H,3-4,14H2,1-2H3. The van der Waals surface area contributed by atoms with Crippen LogP contribution in [0.4, 0.5) is 0 Å². The van der Waals surface area contributed by atoms with Gasteiger partial charge in [0.15, 0.2) is 0 Å². The van der Waals surface area contributed by atoms with Crippen molar-refractivity contribution in [1.29, 1.82) is 0 Å². The Morgan fingerprint density at radius 1 is 1.38 bits per heavy atom. The van der Waals surface area contributed by atoms with Gasteiger partial charge in [0.25, 0.3) is 0 Å². The van der Waals surface area contributed by atoms with Gasteiger partial charge in [-0.2, -0.15) is 0 Å². The molecule has 2 rings (SSSR count). The minimum atomic E-state index is -0.295. The van der Waals surface area contributed by atoms with Crippen LogP contribution in [-0.2, 0) is 5.54 Å². The maximum absolute atomic E-state index is 6.33. The fraction of sp³-hybridized carbons (Fsp3) is 0.417. The molecule has 0 saturated carbocycles. The number of aromatic nitrogens is 1. The van der Waals surface area contributed by atoms with Crippen LogP contribution in [0.3, 0.4) is 0 Å². The molecular weight excluding hydrogens is 240 g/mol. The highest BCUT2D eigenvalue weighted by atomic mass is 35.5. The van der Waals surface area contributed by atoms with Gasteiger partial charge in [-0.05, 0) is 31.0 Å². The molecule has 0 bridgehead atoms. The molecule has 2 N–H and O–H groups in total. The maximum atomic E-state index is 6.33. The van der Waals surface area contributed by atoms with E-state index in [0.717, 1.165) is 33.1 Å². The molecule has 86 valence electrons. The fourth-order valence-electron chi connectivity index (χ4n) is 1.67. The van der Waals surface area contributed by atoms with Crippen LogP contribution in [0.1, 0.15) is 31.7 Å². The molecular formula is C12H15ClN2S. The third-order valence-electron chi connectivity index (χ3n) is 3.04. The minimum Gasteiger partial charge on any atom is -0.319 e. The van der Waals surface area contributed by atoms with Gasteiger partial charge in [0.2, 0.25) is 0 Å². The molecule has 0 saturated heterocycles. The lowest BCUT2D eigenvalue weighted by atomic mass is 9.95. The Balaban J connectivity index is 2.54. The summed E-state index contributed by atoms with van der Waals surface area (Å²) in [5, 5.41) is 1.73. The normalized spacial score (nSPS) is 12.2. The van der Waals surface area contributed by atoms with Crippen LogP contribution in [0.2, 0.25) is 5.02 Å². The van der Waals surface area contributed by atoms with Gasteiger partial charge in [0, 0.05) is 5.02 Å². The number of hydrogen-bond acceptors (Lipinski definition) is 3. The van der Waals surface area contributed by atoms with E-state index in [-0.39, 0.29) is 5.54 Å². The quantitative estimate of drug-likeness (QED) is 0.902. The van der Waals surface area contributed by atoms with Gasteiger partial charge in [0.1, 0.15) is 5.01 Å². The van der Waals surface area contributed by atoms with E-state index in [0.29, 0.717) is 0 Å². The second-order valence-electron chi connectivity index (χ2n) is 3.99. The van der Waals surface area contributed by atoms with E-state index in [1.54, 1.807) is 11.3 Å². The van der Waals surface area contributed by atoms with E-state index in [1.165, 1.54) is 0 Å². The van der Waals surface area contributed by atoms with Gasteiger partial charge in [-0.15, -0.1) is 11.3 Å². The highest BCUT2D eigenvalue weighted by Crippen LogP contribution is 2.33. The maximum Gasteiger partial charge on any atom is 0.114 e. The molecule has 1 aromatic carbocycles. The molecule has 4 heteroatoms. The summed E-state index contributed by atoms with van der Waals surface area (Å²) in [5.41, 5.74) is 6.99.